The van der Waals surface area contributed by atoms with E-state index in [0.717, 1.165) is 36.1 Å². The zero-order chi connectivity index (χ0) is 13.9. The molecule has 0 N–H and O–H groups in total. The molecule has 1 aliphatic carbocycles. The highest BCUT2D eigenvalue weighted by Crippen LogP contribution is 2.37. The summed E-state index contributed by atoms with van der Waals surface area (Å²) in [6.07, 6.45) is 4.04. The minimum absolute atomic E-state index is 0.171. The summed E-state index contributed by atoms with van der Waals surface area (Å²) in [6, 6.07) is 7.24. The van der Waals surface area contributed by atoms with Gasteiger partial charge in [0.15, 0.2) is 5.78 Å². The standard InChI is InChI=1S/C16H20N2O2/c19-16(13-6-4-12(5-7-13)8-17-20)11-18-9-14-2-1-3-15(14)10-18/h4-7,14-15H,1-3,8-11H2. The summed E-state index contributed by atoms with van der Waals surface area (Å²) < 4.78 is 0. The number of hydrogen-bond acceptors (Lipinski definition) is 4. The maximum atomic E-state index is 12.3. The van der Waals surface area contributed by atoms with E-state index < -0.39 is 0 Å². The van der Waals surface area contributed by atoms with Crippen LogP contribution in [0.15, 0.2) is 29.4 Å². The van der Waals surface area contributed by atoms with Gasteiger partial charge in [-0.2, -0.15) is 4.91 Å². The van der Waals surface area contributed by atoms with Crippen LogP contribution in [0.25, 0.3) is 0 Å². The van der Waals surface area contributed by atoms with E-state index in [1.54, 1.807) is 12.1 Å². The first-order valence-electron chi connectivity index (χ1n) is 7.40. The van der Waals surface area contributed by atoms with Gasteiger partial charge in [-0.05, 0) is 30.2 Å². The third kappa shape index (κ3) is 2.80. The van der Waals surface area contributed by atoms with Crippen molar-refractivity contribution in [3.05, 3.63) is 40.3 Å². The van der Waals surface area contributed by atoms with Crippen molar-refractivity contribution in [1.82, 2.24) is 4.90 Å². The molecule has 1 saturated heterocycles. The molecule has 2 aliphatic rings. The maximum absolute atomic E-state index is 12.3. The van der Waals surface area contributed by atoms with Crippen molar-refractivity contribution in [2.24, 2.45) is 17.0 Å². The quantitative estimate of drug-likeness (QED) is 0.611. The van der Waals surface area contributed by atoms with E-state index in [-0.39, 0.29) is 12.3 Å². The van der Waals surface area contributed by atoms with Crippen LogP contribution in [0.2, 0.25) is 0 Å². The lowest BCUT2D eigenvalue weighted by Gasteiger charge is -2.15. The minimum Gasteiger partial charge on any atom is -0.295 e. The molecule has 2 fully saturated rings. The Labute approximate surface area is 119 Å². The van der Waals surface area contributed by atoms with Gasteiger partial charge in [0.2, 0.25) is 0 Å². The van der Waals surface area contributed by atoms with Gasteiger partial charge in [-0.3, -0.25) is 9.69 Å². The second kappa shape index (κ2) is 5.83. The fraction of sp³-hybridized carbons (Fsp3) is 0.562. The van der Waals surface area contributed by atoms with Gasteiger partial charge in [-0.1, -0.05) is 35.9 Å². The van der Waals surface area contributed by atoms with Crippen LogP contribution in [0.4, 0.5) is 0 Å². The first kappa shape index (κ1) is 13.4. The van der Waals surface area contributed by atoms with Crippen molar-refractivity contribution in [2.45, 2.75) is 25.8 Å². The number of fused-ring (bicyclic) bond motifs is 1. The normalized spacial score (nSPS) is 25.6. The Balaban J connectivity index is 1.57. The van der Waals surface area contributed by atoms with Crippen LogP contribution in [-0.2, 0) is 6.54 Å². The lowest BCUT2D eigenvalue weighted by Crippen LogP contribution is -2.28. The van der Waals surface area contributed by atoms with Crippen LogP contribution >= 0.6 is 0 Å². The van der Waals surface area contributed by atoms with Crippen molar-refractivity contribution in [1.29, 1.82) is 0 Å². The lowest BCUT2D eigenvalue weighted by molar-refractivity contribution is 0.0941. The van der Waals surface area contributed by atoms with Crippen molar-refractivity contribution >= 4 is 5.78 Å². The number of Topliss-reactive ketones (excluding diaryl/α,β-unsaturated/α-hetero) is 1. The Hall–Kier alpha value is -1.55. The van der Waals surface area contributed by atoms with Crippen LogP contribution in [-0.4, -0.2) is 30.3 Å². The summed E-state index contributed by atoms with van der Waals surface area (Å²) in [6.45, 7) is 2.87. The van der Waals surface area contributed by atoms with Gasteiger partial charge in [0.25, 0.3) is 0 Å². The molecule has 4 heteroatoms. The zero-order valence-electron chi connectivity index (χ0n) is 11.6. The van der Waals surface area contributed by atoms with E-state index in [1.807, 2.05) is 12.1 Å². The average molecular weight is 272 g/mol. The third-order valence-corrected chi connectivity index (χ3v) is 4.69. The molecule has 4 nitrogen and oxygen atoms in total. The van der Waals surface area contributed by atoms with Crippen LogP contribution in [0.5, 0.6) is 0 Å². The molecule has 1 heterocycles. The van der Waals surface area contributed by atoms with Gasteiger partial charge in [-0.25, -0.2) is 0 Å². The van der Waals surface area contributed by atoms with Gasteiger partial charge in [-0.15, -0.1) is 0 Å². The SMILES string of the molecule is O=NCc1ccc(C(=O)CN2CC3CCCC3C2)cc1. The second-order valence-electron chi connectivity index (χ2n) is 6.05. The van der Waals surface area contributed by atoms with E-state index in [2.05, 4.69) is 10.1 Å². The van der Waals surface area contributed by atoms with Crippen LogP contribution in [0, 0.1) is 16.7 Å². The predicted octanol–water partition coefficient (Wildman–Crippen LogP) is 2.87. The number of carbonyl (C=O) groups is 1. The molecule has 0 aromatic heterocycles. The molecule has 20 heavy (non-hydrogen) atoms. The molecule has 1 saturated carbocycles. The molecule has 0 spiro atoms. The Morgan fingerprint density at radius 2 is 1.80 bits per heavy atom. The largest absolute Gasteiger partial charge is 0.295 e. The van der Waals surface area contributed by atoms with Crippen LogP contribution in [0.3, 0.4) is 0 Å². The van der Waals surface area contributed by atoms with Gasteiger partial charge in [0, 0.05) is 18.7 Å². The smallest absolute Gasteiger partial charge is 0.176 e. The number of nitrogens with zero attached hydrogens (tertiary/aromatic N) is 2. The maximum Gasteiger partial charge on any atom is 0.176 e. The monoisotopic (exact) mass is 272 g/mol. The molecule has 2 atom stereocenters. The number of ketones is 1. The summed E-state index contributed by atoms with van der Waals surface area (Å²) in [5.41, 5.74) is 1.59. The fourth-order valence-corrected chi connectivity index (χ4v) is 3.63. The molecule has 1 aromatic carbocycles. The Morgan fingerprint density at radius 3 is 2.40 bits per heavy atom. The van der Waals surface area contributed by atoms with Crippen molar-refractivity contribution in [3.63, 3.8) is 0 Å². The third-order valence-electron chi connectivity index (χ3n) is 4.69. The topological polar surface area (TPSA) is 49.7 Å². The molecule has 2 unspecified atom stereocenters. The molecule has 106 valence electrons. The van der Waals surface area contributed by atoms with Crippen LogP contribution < -0.4 is 0 Å². The molecule has 0 amide bonds. The number of nitroso groups, excluding NO2 is 1. The van der Waals surface area contributed by atoms with E-state index in [4.69, 9.17) is 0 Å². The van der Waals surface area contributed by atoms with Crippen molar-refractivity contribution < 1.29 is 4.79 Å². The molecule has 3 rings (SSSR count). The summed E-state index contributed by atoms with van der Waals surface area (Å²) in [5.74, 6) is 1.82. The first-order chi connectivity index (χ1) is 9.76. The molecule has 1 aromatic rings. The summed E-state index contributed by atoms with van der Waals surface area (Å²) in [5, 5.41) is 2.85. The molecule has 1 aliphatic heterocycles. The molecular weight excluding hydrogens is 252 g/mol. The van der Waals surface area contributed by atoms with Crippen molar-refractivity contribution in [3.8, 4) is 0 Å². The molecule has 0 radical (unpaired) electrons. The second-order valence-corrected chi connectivity index (χ2v) is 6.05. The van der Waals surface area contributed by atoms with E-state index in [9.17, 15) is 9.70 Å². The van der Waals surface area contributed by atoms with Gasteiger partial charge >= 0.3 is 0 Å². The Bertz CT molecular complexity index is 486. The highest BCUT2D eigenvalue weighted by atomic mass is 16.3. The van der Waals surface area contributed by atoms with Crippen molar-refractivity contribution in [2.75, 3.05) is 19.6 Å². The zero-order valence-corrected chi connectivity index (χ0v) is 11.6. The van der Waals surface area contributed by atoms with Gasteiger partial charge in [0.1, 0.15) is 6.54 Å². The fourth-order valence-electron chi connectivity index (χ4n) is 3.63. The number of rotatable bonds is 5. The molecule has 0 bridgehead atoms. The predicted molar refractivity (Wildman–Crippen MR) is 77.5 cm³/mol. The highest BCUT2D eigenvalue weighted by molar-refractivity contribution is 5.97. The number of carbonyl (C=O) groups excluding carboxylic acids is 1. The van der Waals surface area contributed by atoms with E-state index in [0.29, 0.717) is 6.54 Å². The van der Waals surface area contributed by atoms with Gasteiger partial charge in [0.05, 0.1) is 6.54 Å². The van der Waals surface area contributed by atoms with Crippen LogP contribution in [0.1, 0.15) is 35.2 Å². The van der Waals surface area contributed by atoms with Gasteiger partial charge < -0.3 is 0 Å². The molecular formula is C16H20N2O2. The summed E-state index contributed by atoms with van der Waals surface area (Å²) in [4.78, 5) is 24.8. The average Bonchev–Trinajstić information content (AvgIpc) is 3.01. The Morgan fingerprint density at radius 1 is 1.15 bits per heavy atom. The number of hydrogen-bond donors (Lipinski definition) is 0. The lowest BCUT2D eigenvalue weighted by atomic mass is 10.0. The first-order valence-corrected chi connectivity index (χ1v) is 7.40. The number of likely N-dealkylation sites (tertiary alicyclic amines) is 1. The van der Waals surface area contributed by atoms with E-state index >= 15 is 0 Å². The van der Waals surface area contributed by atoms with E-state index in [1.165, 1.54) is 19.3 Å². The summed E-state index contributed by atoms with van der Waals surface area (Å²) in [7, 11) is 0. The summed E-state index contributed by atoms with van der Waals surface area (Å²) >= 11 is 0. The highest BCUT2D eigenvalue weighted by Gasteiger charge is 2.36. The minimum atomic E-state index is 0.171. The number of benzene rings is 1. The Kier molecular flexibility index (Phi) is 3.92.